The molecule has 7 nitrogen and oxygen atoms in total. The zero-order valence-corrected chi connectivity index (χ0v) is 12.9. The standard InChI is InChI=1S/C16H18N4O3/c1-12-17-7-6-15(18-12)23-14-5-3-8-19(11-14)16(21)13-4-2-9-20(22)10-13/h2,4,6-7,9-10,14H,3,5,8,11H2,1H3. The topological polar surface area (TPSA) is 82.3 Å². The number of carbonyl (C=O) groups excluding carboxylic acids is 1. The summed E-state index contributed by atoms with van der Waals surface area (Å²) in [5.41, 5.74) is 0.390. The predicted octanol–water partition coefficient (Wildman–Crippen LogP) is 1.10. The summed E-state index contributed by atoms with van der Waals surface area (Å²) in [4.78, 5) is 22.5. The minimum Gasteiger partial charge on any atom is -0.619 e. The van der Waals surface area contributed by atoms with Crippen LogP contribution in [0.2, 0.25) is 0 Å². The molecule has 1 unspecified atom stereocenters. The quantitative estimate of drug-likeness (QED) is 0.626. The second-order valence-electron chi connectivity index (χ2n) is 5.53. The Bertz CT molecular complexity index is 707. The zero-order chi connectivity index (χ0) is 16.2. The van der Waals surface area contributed by atoms with E-state index in [4.69, 9.17) is 4.74 Å². The first kappa shape index (κ1) is 15.2. The average molecular weight is 314 g/mol. The number of aromatic nitrogens is 3. The molecule has 0 aromatic carbocycles. The summed E-state index contributed by atoms with van der Waals surface area (Å²) in [6, 6.07) is 4.93. The molecule has 23 heavy (non-hydrogen) atoms. The Morgan fingerprint density at radius 2 is 2.35 bits per heavy atom. The van der Waals surface area contributed by atoms with Crippen molar-refractivity contribution in [3.8, 4) is 5.88 Å². The van der Waals surface area contributed by atoms with Crippen molar-refractivity contribution < 1.29 is 14.3 Å². The molecular formula is C16H18N4O3. The van der Waals surface area contributed by atoms with Crippen LogP contribution in [-0.2, 0) is 0 Å². The molecule has 3 rings (SSSR count). The summed E-state index contributed by atoms with van der Waals surface area (Å²) < 4.78 is 6.50. The summed E-state index contributed by atoms with van der Waals surface area (Å²) in [5, 5.41) is 11.3. The van der Waals surface area contributed by atoms with Gasteiger partial charge in [0.05, 0.1) is 6.54 Å². The van der Waals surface area contributed by atoms with Crippen molar-refractivity contribution in [3.63, 3.8) is 0 Å². The largest absolute Gasteiger partial charge is 0.619 e. The summed E-state index contributed by atoms with van der Waals surface area (Å²) in [6.07, 6.45) is 5.91. The van der Waals surface area contributed by atoms with E-state index in [0.717, 1.165) is 12.8 Å². The van der Waals surface area contributed by atoms with Crippen LogP contribution in [0.3, 0.4) is 0 Å². The van der Waals surface area contributed by atoms with Gasteiger partial charge in [0.15, 0.2) is 12.4 Å². The Morgan fingerprint density at radius 1 is 1.48 bits per heavy atom. The molecule has 1 amide bonds. The normalized spacial score (nSPS) is 17.8. The SMILES string of the molecule is Cc1nccc(OC2CCCN(C(=O)c3ccc[n+]([O-])c3)C2)n1. The third-order valence-electron chi connectivity index (χ3n) is 3.73. The predicted molar refractivity (Wildman–Crippen MR) is 81.7 cm³/mol. The monoisotopic (exact) mass is 314 g/mol. The third-order valence-corrected chi connectivity index (χ3v) is 3.73. The van der Waals surface area contributed by atoms with E-state index in [-0.39, 0.29) is 12.0 Å². The van der Waals surface area contributed by atoms with Crippen molar-refractivity contribution in [1.82, 2.24) is 14.9 Å². The number of rotatable bonds is 3. The van der Waals surface area contributed by atoms with Gasteiger partial charge >= 0.3 is 0 Å². The summed E-state index contributed by atoms with van der Waals surface area (Å²) >= 11 is 0. The maximum Gasteiger partial charge on any atom is 0.260 e. The lowest BCUT2D eigenvalue weighted by molar-refractivity contribution is -0.605. The van der Waals surface area contributed by atoms with Crippen LogP contribution in [0.1, 0.15) is 29.0 Å². The van der Waals surface area contributed by atoms with Crippen LogP contribution in [0, 0.1) is 12.1 Å². The summed E-state index contributed by atoms with van der Waals surface area (Å²) in [7, 11) is 0. The molecule has 1 aliphatic rings. The Hall–Kier alpha value is -2.70. The molecular weight excluding hydrogens is 296 g/mol. The van der Waals surface area contributed by atoms with Gasteiger partial charge in [-0.05, 0) is 25.8 Å². The van der Waals surface area contributed by atoms with E-state index in [2.05, 4.69) is 9.97 Å². The van der Waals surface area contributed by atoms with Gasteiger partial charge in [-0.2, -0.15) is 9.71 Å². The van der Waals surface area contributed by atoms with Crippen molar-refractivity contribution in [2.24, 2.45) is 0 Å². The van der Waals surface area contributed by atoms with E-state index in [9.17, 15) is 10.0 Å². The maximum atomic E-state index is 12.5. The summed E-state index contributed by atoms with van der Waals surface area (Å²) in [6.45, 7) is 2.95. The van der Waals surface area contributed by atoms with E-state index >= 15 is 0 Å². The maximum absolute atomic E-state index is 12.5. The van der Waals surface area contributed by atoms with Gasteiger partial charge < -0.3 is 14.8 Å². The van der Waals surface area contributed by atoms with Crippen LogP contribution in [-0.4, -0.2) is 40.0 Å². The zero-order valence-electron chi connectivity index (χ0n) is 12.9. The highest BCUT2D eigenvalue weighted by molar-refractivity contribution is 5.93. The van der Waals surface area contributed by atoms with Gasteiger partial charge in [-0.25, -0.2) is 4.98 Å². The van der Waals surface area contributed by atoms with Crippen LogP contribution >= 0.6 is 0 Å². The van der Waals surface area contributed by atoms with Gasteiger partial charge in [0.1, 0.15) is 17.5 Å². The Balaban J connectivity index is 1.67. The number of likely N-dealkylation sites (tertiary alicyclic amines) is 1. The highest BCUT2D eigenvalue weighted by Gasteiger charge is 2.26. The van der Waals surface area contributed by atoms with Gasteiger partial charge in [0.25, 0.3) is 5.91 Å². The molecule has 2 aromatic heterocycles. The van der Waals surface area contributed by atoms with Crippen molar-refractivity contribution >= 4 is 5.91 Å². The van der Waals surface area contributed by atoms with Crippen LogP contribution in [0.15, 0.2) is 36.8 Å². The number of pyridine rings is 1. The first-order chi connectivity index (χ1) is 11.1. The molecule has 0 bridgehead atoms. The molecule has 120 valence electrons. The van der Waals surface area contributed by atoms with E-state index < -0.39 is 0 Å². The summed E-state index contributed by atoms with van der Waals surface area (Å²) in [5.74, 6) is 1.02. The first-order valence-electron chi connectivity index (χ1n) is 7.56. The van der Waals surface area contributed by atoms with E-state index in [1.807, 2.05) is 0 Å². The molecule has 1 saturated heterocycles. The van der Waals surface area contributed by atoms with Crippen LogP contribution in [0.4, 0.5) is 0 Å². The van der Waals surface area contributed by atoms with Crippen molar-refractivity contribution in [2.75, 3.05) is 13.1 Å². The Labute approximate surface area is 134 Å². The molecule has 0 aliphatic carbocycles. The average Bonchev–Trinajstić information content (AvgIpc) is 2.54. The van der Waals surface area contributed by atoms with Crippen LogP contribution in [0.5, 0.6) is 5.88 Å². The second kappa shape index (κ2) is 6.60. The third kappa shape index (κ3) is 3.74. The van der Waals surface area contributed by atoms with Gasteiger partial charge in [-0.1, -0.05) is 0 Å². The fraction of sp³-hybridized carbons (Fsp3) is 0.375. The number of hydrogen-bond acceptors (Lipinski definition) is 5. The smallest absolute Gasteiger partial charge is 0.260 e. The number of amides is 1. The van der Waals surface area contributed by atoms with Gasteiger partial charge in [0.2, 0.25) is 5.88 Å². The van der Waals surface area contributed by atoms with E-state index in [0.29, 0.717) is 35.1 Å². The van der Waals surface area contributed by atoms with E-state index in [1.165, 1.54) is 12.4 Å². The minimum atomic E-state index is -0.151. The Morgan fingerprint density at radius 3 is 3.13 bits per heavy atom. The van der Waals surface area contributed by atoms with Crippen LogP contribution < -0.4 is 9.47 Å². The number of aryl methyl sites for hydroxylation is 1. The molecule has 1 aliphatic heterocycles. The number of piperidine rings is 1. The molecule has 3 heterocycles. The van der Waals surface area contributed by atoms with Gasteiger partial charge in [0, 0.05) is 24.9 Å². The molecule has 0 radical (unpaired) electrons. The molecule has 1 atom stereocenters. The second-order valence-corrected chi connectivity index (χ2v) is 5.53. The minimum absolute atomic E-state index is 0.106. The number of nitrogens with zero attached hydrogens (tertiary/aromatic N) is 4. The first-order valence-corrected chi connectivity index (χ1v) is 7.56. The van der Waals surface area contributed by atoms with Gasteiger partial charge in [-0.3, -0.25) is 4.79 Å². The number of hydrogen-bond donors (Lipinski definition) is 0. The van der Waals surface area contributed by atoms with E-state index in [1.54, 1.807) is 36.2 Å². The van der Waals surface area contributed by atoms with Crippen molar-refractivity contribution in [3.05, 3.63) is 53.4 Å². The Kier molecular flexibility index (Phi) is 4.36. The molecule has 0 spiro atoms. The lowest BCUT2D eigenvalue weighted by Crippen LogP contribution is -2.45. The fourth-order valence-electron chi connectivity index (χ4n) is 2.65. The van der Waals surface area contributed by atoms with Crippen molar-refractivity contribution in [2.45, 2.75) is 25.9 Å². The number of carbonyl (C=O) groups is 1. The van der Waals surface area contributed by atoms with Crippen molar-refractivity contribution in [1.29, 1.82) is 0 Å². The highest BCUT2D eigenvalue weighted by atomic mass is 16.5. The van der Waals surface area contributed by atoms with Crippen LogP contribution in [0.25, 0.3) is 0 Å². The molecule has 1 fully saturated rings. The van der Waals surface area contributed by atoms with Gasteiger partial charge in [-0.15, -0.1) is 0 Å². The molecule has 0 N–H and O–H groups in total. The lowest BCUT2D eigenvalue weighted by Gasteiger charge is -2.32. The highest BCUT2D eigenvalue weighted by Crippen LogP contribution is 2.18. The molecule has 2 aromatic rings. The molecule has 7 heteroatoms. The fourth-order valence-corrected chi connectivity index (χ4v) is 2.65. The molecule has 0 saturated carbocycles. The number of ether oxygens (including phenoxy) is 1. The lowest BCUT2D eigenvalue weighted by atomic mass is 10.1.